The molecule has 0 bridgehead atoms. The summed E-state index contributed by atoms with van der Waals surface area (Å²) >= 11 is 0. The van der Waals surface area contributed by atoms with Crippen LogP contribution in [0.4, 0.5) is 0 Å². The quantitative estimate of drug-likeness (QED) is 0.519. The van der Waals surface area contributed by atoms with Crippen molar-refractivity contribution in [2.75, 3.05) is 0 Å². The van der Waals surface area contributed by atoms with Crippen LogP contribution in [0.1, 0.15) is 25.0 Å². The lowest BCUT2D eigenvalue weighted by atomic mass is 9.81. The summed E-state index contributed by atoms with van der Waals surface area (Å²) in [7, 11) is 0. The lowest BCUT2D eigenvalue weighted by Gasteiger charge is -2.22. The van der Waals surface area contributed by atoms with Crippen molar-refractivity contribution >= 4 is 21.9 Å². The van der Waals surface area contributed by atoms with E-state index in [9.17, 15) is 0 Å². The Hall–Kier alpha value is -2.68. The van der Waals surface area contributed by atoms with E-state index in [2.05, 4.69) is 65.2 Å². The minimum Gasteiger partial charge on any atom is -0.352 e. The minimum atomic E-state index is -0.0223. The van der Waals surface area contributed by atoms with E-state index in [-0.39, 0.29) is 5.41 Å². The molecule has 0 amide bonds. The largest absolute Gasteiger partial charge is 0.352 e. The van der Waals surface area contributed by atoms with Gasteiger partial charge in [0, 0.05) is 16.3 Å². The number of benzene rings is 2. The summed E-state index contributed by atoms with van der Waals surface area (Å²) in [6.45, 7) is 4.61. The molecule has 2 heterocycles. The molecule has 1 aliphatic rings. The van der Waals surface area contributed by atoms with Gasteiger partial charge < -0.3 is 4.98 Å². The van der Waals surface area contributed by atoms with Gasteiger partial charge in [-0.3, -0.25) is 0 Å². The van der Waals surface area contributed by atoms with Crippen LogP contribution in [0.15, 0.2) is 48.9 Å². The molecule has 0 unspecified atom stereocenters. The molecule has 22 heavy (non-hydrogen) atoms. The van der Waals surface area contributed by atoms with Crippen molar-refractivity contribution in [1.29, 1.82) is 0 Å². The Kier molecular flexibility index (Phi) is 2.03. The number of H-pyrrole nitrogens is 1. The number of fused-ring (bicyclic) bond motifs is 7. The number of nitrogens with zero attached hydrogens (tertiary/aromatic N) is 2. The molecule has 2 aromatic carbocycles. The monoisotopic (exact) mass is 285 g/mol. The third-order valence-electron chi connectivity index (χ3n) is 4.94. The molecule has 1 N–H and O–H groups in total. The molecule has 1 aliphatic carbocycles. The first-order chi connectivity index (χ1) is 10.7. The lowest BCUT2D eigenvalue weighted by molar-refractivity contribution is 0.666. The molecule has 3 nitrogen and oxygen atoms in total. The van der Waals surface area contributed by atoms with Gasteiger partial charge in [-0.05, 0) is 28.3 Å². The summed E-state index contributed by atoms with van der Waals surface area (Å²) in [5.41, 5.74) is 8.55. The average molecular weight is 285 g/mol. The number of rotatable bonds is 0. The smallest absolute Gasteiger partial charge is 0.116 e. The van der Waals surface area contributed by atoms with Crippen LogP contribution in [0.2, 0.25) is 0 Å². The Morgan fingerprint density at radius 1 is 0.955 bits per heavy atom. The van der Waals surface area contributed by atoms with Crippen molar-refractivity contribution in [3.8, 4) is 11.1 Å². The zero-order chi connectivity index (χ0) is 14.9. The van der Waals surface area contributed by atoms with Crippen LogP contribution in [-0.4, -0.2) is 15.0 Å². The van der Waals surface area contributed by atoms with Gasteiger partial charge in [0.25, 0.3) is 0 Å². The molecule has 5 rings (SSSR count). The third kappa shape index (κ3) is 1.27. The predicted molar refractivity (Wildman–Crippen MR) is 89.0 cm³/mol. The molecule has 2 aromatic heterocycles. The average Bonchev–Trinajstić information content (AvgIpc) is 3.02. The van der Waals surface area contributed by atoms with E-state index in [0.717, 1.165) is 16.6 Å². The maximum Gasteiger partial charge on any atom is 0.116 e. The van der Waals surface area contributed by atoms with Crippen LogP contribution in [0.3, 0.4) is 0 Å². The number of hydrogen-bond donors (Lipinski definition) is 1. The number of aromatic nitrogens is 3. The van der Waals surface area contributed by atoms with Crippen LogP contribution in [0.25, 0.3) is 33.1 Å². The Morgan fingerprint density at radius 2 is 1.82 bits per heavy atom. The molecule has 0 aliphatic heterocycles. The first kappa shape index (κ1) is 11.9. The van der Waals surface area contributed by atoms with E-state index < -0.39 is 0 Å². The Morgan fingerprint density at radius 3 is 2.73 bits per heavy atom. The summed E-state index contributed by atoms with van der Waals surface area (Å²) in [4.78, 5) is 12.1. The Balaban J connectivity index is 2.03. The van der Waals surface area contributed by atoms with Crippen LogP contribution in [-0.2, 0) is 5.41 Å². The molecular weight excluding hydrogens is 270 g/mol. The van der Waals surface area contributed by atoms with Crippen LogP contribution in [0.5, 0.6) is 0 Å². The molecule has 0 fully saturated rings. The SMILES string of the molecule is CC1(C)c2ccccc2-c2ccc3[nH]c4cncnc4c3c21. The van der Waals surface area contributed by atoms with E-state index in [4.69, 9.17) is 0 Å². The van der Waals surface area contributed by atoms with Gasteiger partial charge in [-0.25, -0.2) is 9.97 Å². The first-order valence-electron chi connectivity index (χ1n) is 7.52. The van der Waals surface area contributed by atoms with E-state index in [1.54, 1.807) is 6.33 Å². The molecular formula is C19H15N3. The molecule has 0 saturated carbocycles. The molecule has 0 radical (unpaired) electrons. The summed E-state index contributed by atoms with van der Waals surface area (Å²) < 4.78 is 0. The Labute approximate surface area is 128 Å². The summed E-state index contributed by atoms with van der Waals surface area (Å²) in [6.07, 6.45) is 3.48. The second-order valence-electron chi connectivity index (χ2n) is 6.49. The van der Waals surface area contributed by atoms with Crippen molar-refractivity contribution in [3.05, 3.63) is 60.0 Å². The maximum absolute atomic E-state index is 4.53. The third-order valence-corrected chi connectivity index (χ3v) is 4.94. The minimum absolute atomic E-state index is 0.0223. The fraction of sp³-hybridized carbons (Fsp3) is 0.158. The zero-order valence-corrected chi connectivity index (χ0v) is 12.5. The van der Waals surface area contributed by atoms with Gasteiger partial charge in [0.1, 0.15) is 6.33 Å². The van der Waals surface area contributed by atoms with Gasteiger partial charge in [-0.15, -0.1) is 0 Å². The molecule has 3 heteroatoms. The van der Waals surface area contributed by atoms with Crippen molar-refractivity contribution < 1.29 is 0 Å². The summed E-state index contributed by atoms with van der Waals surface area (Å²) in [5.74, 6) is 0. The van der Waals surface area contributed by atoms with E-state index in [0.29, 0.717) is 0 Å². The van der Waals surface area contributed by atoms with Crippen molar-refractivity contribution in [2.24, 2.45) is 0 Å². The zero-order valence-electron chi connectivity index (χ0n) is 12.5. The van der Waals surface area contributed by atoms with Crippen molar-refractivity contribution in [2.45, 2.75) is 19.3 Å². The van der Waals surface area contributed by atoms with Crippen molar-refractivity contribution in [1.82, 2.24) is 15.0 Å². The van der Waals surface area contributed by atoms with Crippen LogP contribution < -0.4 is 0 Å². The van der Waals surface area contributed by atoms with Gasteiger partial charge in [-0.1, -0.05) is 44.2 Å². The first-order valence-corrected chi connectivity index (χ1v) is 7.52. The lowest BCUT2D eigenvalue weighted by Crippen LogP contribution is -2.15. The molecule has 0 spiro atoms. The number of nitrogens with one attached hydrogen (secondary N) is 1. The highest BCUT2D eigenvalue weighted by molar-refractivity contribution is 6.10. The molecule has 0 saturated heterocycles. The highest BCUT2D eigenvalue weighted by Gasteiger charge is 2.37. The number of aromatic amines is 1. The van der Waals surface area contributed by atoms with E-state index >= 15 is 0 Å². The number of hydrogen-bond acceptors (Lipinski definition) is 2. The second-order valence-corrected chi connectivity index (χ2v) is 6.49. The summed E-state index contributed by atoms with van der Waals surface area (Å²) in [5, 5.41) is 1.23. The summed E-state index contributed by atoms with van der Waals surface area (Å²) in [6, 6.07) is 13.1. The van der Waals surface area contributed by atoms with Crippen molar-refractivity contribution in [3.63, 3.8) is 0 Å². The van der Waals surface area contributed by atoms with Gasteiger partial charge in [0.15, 0.2) is 0 Å². The fourth-order valence-corrected chi connectivity index (χ4v) is 3.99. The standard InChI is InChI=1S/C19H15N3/c1-19(2)13-6-4-3-5-11(13)12-7-8-14-16(17(12)19)18-15(22-14)9-20-10-21-18/h3-10,22H,1-2H3. The fourth-order valence-electron chi connectivity index (χ4n) is 3.99. The topological polar surface area (TPSA) is 41.6 Å². The maximum atomic E-state index is 4.53. The van der Waals surface area contributed by atoms with Gasteiger partial charge in [0.2, 0.25) is 0 Å². The van der Waals surface area contributed by atoms with Crippen LogP contribution in [0, 0.1) is 0 Å². The van der Waals surface area contributed by atoms with Gasteiger partial charge >= 0.3 is 0 Å². The molecule has 0 atom stereocenters. The van der Waals surface area contributed by atoms with E-state index in [1.807, 2.05) is 6.20 Å². The second kappa shape index (κ2) is 3.74. The van der Waals surface area contributed by atoms with E-state index in [1.165, 1.54) is 27.6 Å². The van der Waals surface area contributed by atoms with Crippen LogP contribution >= 0.6 is 0 Å². The van der Waals surface area contributed by atoms with Gasteiger partial charge in [0.05, 0.1) is 17.2 Å². The highest BCUT2D eigenvalue weighted by Crippen LogP contribution is 2.51. The Bertz CT molecular complexity index is 1060. The molecule has 106 valence electrons. The molecule has 4 aromatic rings. The predicted octanol–water partition coefficient (Wildman–Crippen LogP) is 4.42. The normalized spacial score (nSPS) is 15.2. The highest BCUT2D eigenvalue weighted by atomic mass is 14.9. The van der Waals surface area contributed by atoms with Gasteiger partial charge in [-0.2, -0.15) is 0 Å².